The average molecular weight is 386 g/mol. The van der Waals surface area contributed by atoms with Crippen molar-refractivity contribution in [2.75, 3.05) is 13.7 Å². The van der Waals surface area contributed by atoms with Crippen LogP contribution in [0.25, 0.3) is 0 Å². The largest absolute Gasteiger partial charge is 0.493 e. The molecule has 0 saturated heterocycles. The van der Waals surface area contributed by atoms with E-state index < -0.39 is 10.8 Å². The van der Waals surface area contributed by atoms with Crippen LogP contribution in [0.4, 0.5) is 5.69 Å². The number of hydrogen-bond donors (Lipinski definition) is 0. The van der Waals surface area contributed by atoms with Gasteiger partial charge in [0.2, 0.25) is 0 Å². The van der Waals surface area contributed by atoms with Gasteiger partial charge in [-0.05, 0) is 25.8 Å². The van der Waals surface area contributed by atoms with Crippen LogP contribution in [0.1, 0.15) is 43.1 Å². The predicted octanol–water partition coefficient (Wildman–Crippen LogP) is 4.44. The van der Waals surface area contributed by atoms with E-state index in [0.29, 0.717) is 18.9 Å². The molecule has 1 amide bonds. The molecule has 150 valence electrons. The standard InChI is InChI=1S/C21H26N2O5/c1-5-15(3)22(14-16-10-8-7-9-11-16)21(24)17-12-19(27-4)20(28-6-2)13-18(17)23(25)26/h7-13,15H,5-6,14H2,1-4H3. The zero-order chi connectivity index (χ0) is 20.7. The Bertz CT molecular complexity index is 823. The van der Waals surface area contributed by atoms with Gasteiger partial charge in [0, 0.05) is 18.7 Å². The van der Waals surface area contributed by atoms with E-state index in [4.69, 9.17) is 9.47 Å². The number of nitro benzene ring substituents is 1. The molecule has 0 radical (unpaired) electrons. The van der Waals surface area contributed by atoms with E-state index in [-0.39, 0.29) is 23.0 Å². The summed E-state index contributed by atoms with van der Waals surface area (Å²) in [5, 5.41) is 11.6. The van der Waals surface area contributed by atoms with Crippen molar-refractivity contribution >= 4 is 11.6 Å². The SMILES string of the molecule is CCOc1cc([N+](=O)[O-])c(C(=O)N(Cc2ccccc2)C(C)CC)cc1OC. The maximum atomic E-state index is 13.3. The Labute approximate surface area is 165 Å². The van der Waals surface area contributed by atoms with Gasteiger partial charge in [-0.3, -0.25) is 14.9 Å². The first kappa shape index (κ1) is 21.2. The number of carbonyl (C=O) groups excluding carboxylic acids is 1. The van der Waals surface area contributed by atoms with E-state index in [1.165, 1.54) is 19.2 Å². The maximum absolute atomic E-state index is 13.3. The number of methoxy groups -OCH3 is 1. The Morgan fingerprint density at radius 3 is 2.39 bits per heavy atom. The molecule has 7 heteroatoms. The van der Waals surface area contributed by atoms with Crippen molar-refractivity contribution in [3.8, 4) is 11.5 Å². The predicted molar refractivity (Wildman–Crippen MR) is 107 cm³/mol. The lowest BCUT2D eigenvalue weighted by Gasteiger charge is -2.29. The second-order valence-electron chi connectivity index (χ2n) is 6.39. The molecular formula is C21H26N2O5. The zero-order valence-electron chi connectivity index (χ0n) is 16.7. The van der Waals surface area contributed by atoms with Crippen LogP contribution in [0, 0.1) is 10.1 Å². The molecule has 1 atom stereocenters. The Balaban J connectivity index is 2.51. The van der Waals surface area contributed by atoms with Gasteiger partial charge < -0.3 is 14.4 Å². The van der Waals surface area contributed by atoms with E-state index in [1.54, 1.807) is 11.8 Å². The number of rotatable bonds is 9. The van der Waals surface area contributed by atoms with Crippen LogP contribution >= 0.6 is 0 Å². The van der Waals surface area contributed by atoms with Crippen LogP contribution in [0.3, 0.4) is 0 Å². The van der Waals surface area contributed by atoms with Crippen LogP contribution in [0.15, 0.2) is 42.5 Å². The van der Waals surface area contributed by atoms with Crippen molar-refractivity contribution < 1.29 is 19.2 Å². The van der Waals surface area contributed by atoms with Crippen LogP contribution in [-0.4, -0.2) is 35.5 Å². The third kappa shape index (κ3) is 4.79. The van der Waals surface area contributed by atoms with Gasteiger partial charge in [-0.1, -0.05) is 37.3 Å². The molecular weight excluding hydrogens is 360 g/mol. The van der Waals surface area contributed by atoms with Crippen molar-refractivity contribution in [3.05, 3.63) is 63.7 Å². The molecule has 0 aliphatic heterocycles. The first-order chi connectivity index (χ1) is 13.4. The lowest BCUT2D eigenvalue weighted by Crippen LogP contribution is -2.38. The summed E-state index contributed by atoms with van der Waals surface area (Å²) in [4.78, 5) is 26.1. The van der Waals surface area contributed by atoms with Crippen molar-refractivity contribution in [2.24, 2.45) is 0 Å². The molecule has 0 bridgehead atoms. The third-order valence-corrected chi connectivity index (χ3v) is 4.59. The van der Waals surface area contributed by atoms with Crippen molar-refractivity contribution in [3.63, 3.8) is 0 Å². The summed E-state index contributed by atoms with van der Waals surface area (Å²) in [5.41, 5.74) is 0.647. The summed E-state index contributed by atoms with van der Waals surface area (Å²) in [6.45, 7) is 6.37. The molecule has 2 aromatic carbocycles. The molecule has 7 nitrogen and oxygen atoms in total. The minimum absolute atomic E-state index is 0.0125. The lowest BCUT2D eigenvalue weighted by atomic mass is 10.1. The molecule has 0 aliphatic carbocycles. The van der Waals surface area contributed by atoms with Gasteiger partial charge in [-0.25, -0.2) is 0 Å². The van der Waals surface area contributed by atoms with Crippen LogP contribution in [-0.2, 0) is 6.54 Å². The van der Waals surface area contributed by atoms with Gasteiger partial charge in [0.25, 0.3) is 11.6 Å². The van der Waals surface area contributed by atoms with Crippen molar-refractivity contribution in [2.45, 2.75) is 39.8 Å². The number of amides is 1. The fourth-order valence-corrected chi connectivity index (χ4v) is 2.88. The molecule has 2 aromatic rings. The highest BCUT2D eigenvalue weighted by atomic mass is 16.6. The van der Waals surface area contributed by atoms with Gasteiger partial charge in [-0.2, -0.15) is 0 Å². The van der Waals surface area contributed by atoms with Crippen molar-refractivity contribution in [1.29, 1.82) is 0 Å². The molecule has 0 aromatic heterocycles. The summed E-state index contributed by atoms with van der Waals surface area (Å²) in [5.74, 6) is 0.122. The first-order valence-corrected chi connectivity index (χ1v) is 9.26. The molecule has 0 N–H and O–H groups in total. The van der Waals surface area contributed by atoms with Crippen LogP contribution in [0.2, 0.25) is 0 Å². The highest BCUT2D eigenvalue weighted by molar-refractivity contribution is 5.99. The Kier molecular flexibility index (Phi) is 7.37. The van der Waals surface area contributed by atoms with Gasteiger partial charge in [0.05, 0.1) is 24.7 Å². The van der Waals surface area contributed by atoms with Crippen molar-refractivity contribution in [1.82, 2.24) is 4.90 Å². The highest BCUT2D eigenvalue weighted by Gasteiger charge is 2.30. The molecule has 0 fully saturated rings. The topological polar surface area (TPSA) is 81.9 Å². The summed E-state index contributed by atoms with van der Waals surface area (Å²) in [6.07, 6.45) is 0.723. The maximum Gasteiger partial charge on any atom is 0.286 e. The zero-order valence-corrected chi connectivity index (χ0v) is 16.7. The van der Waals surface area contributed by atoms with Gasteiger partial charge >= 0.3 is 0 Å². The van der Waals surface area contributed by atoms with E-state index in [9.17, 15) is 14.9 Å². The summed E-state index contributed by atoms with van der Waals surface area (Å²) in [7, 11) is 1.44. The minimum atomic E-state index is -0.563. The average Bonchev–Trinajstić information content (AvgIpc) is 2.71. The van der Waals surface area contributed by atoms with Crippen LogP contribution < -0.4 is 9.47 Å². The van der Waals surface area contributed by atoms with E-state index in [0.717, 1.165) is 12.0 Å². The number of hydrogen-bond acceptors (Lipinski definition) is 5. The van der Waals surface area contributed by atoms with Crippen LogP contribution in [0.5, 0.6) is 11.5 Å². The molecule has 0 saturated carbocycles. The lowest BCUT2D eigenvalue weighted by molar-refractivity contribution is -0.385. The molecule has 0 heterocycles. The quantitative estimate of drug-likeness (QED) is 0.470. The normalized spacial score (nSPS) is 11.6. The number of benzene rings is 2. The van der Waals surface area contributed by atoms with E-state index in [2.05, 4.69) is 0 Å². The number of ether oxygens (including phenoxy) is 2. The summed E-state index contributed by atoms with van der Waals surface area (Å²) in [6, 6.07) is 12.1. The van der Waals surface area contributed by atoms with Gasteiger partial charge in [0.1, 0.15) is 5.56 Å². The molecule has 28 heavy (non-hydrogen) atoms. The summed E-state index contributed by atoms with van der Waals surface area (Å²) >= 11 is 0. The summed E-state index contributed by atoms with van der Waals surface area (Å²) < 4.78 is 10.7. The molecule has 0 aliphatic rings. The Morgan fingerprint density at radius 2 is 1.86 bits per heavy atom. The fourth-order valence-electron chi connectivity index (χ4n) is 2.88. The number of carbonyl (C=O) groups is 1. The minimum Gasteiger partial charge on any atom is -0.493 e. The van der Waals surface area contributed by atoms with E-state index in [1.807, 2.05) is 44.2 Å². The molecule has 0 spiro atoms. The fraction of sp³-hybridized carbons (Fsp3) is 0.381. The van der Waals surface area contributed by atoms with E-state index >= 15 is 0 Å². The first-order valence-electron chi connectivity index (χ1n) is 9.26. The van der Waals surface area contributed by atoms with Gasteiger partial charge in [0.15, 0.2) is 11.5 Å². The number of nitrogens with zero attached hydrogens (tertiary/aromatic N) is 2. The monoisotopic (exact) mass is 386 g/mol. The van der Waals surface area contributed by atoms with Gasteiger partial charge in [-0.15, -0.1) is 0 Å². The molecule has 1 unspecified atom stereocenters. The highest BCUT2D eigenvalue weighted by Crippen LogP contribution is 2.36. The third-order valence-electron chi connectivity index (χ3n) is 4.59. The smallest absolute Gasteiger partial charge is 0.286 e. The second kappa shape index (κ2) is 9.73. The Hall–Kier alpha value is -3.09. The Morgan fingerprint density at radius 1 is 1.18 bits per heavy atom. The second-order valence-corrected chi connectivity index (χ2v) is 6.39. The molecule has 2 rings (SSSR count). The number of nitro groups is 1.